The number of unbranched alkanes of at least 4 members (excludes halogenated alkanes) is 1. The largest absolute Gasteiger partial charge is 0.494 e. The Morgan fingerprint density at radius 3 is 2.82 bits per heavy atom. The van der Waals surface area contributed by atoms with Crippen LogP contribution in [0.15, 0.2) is 18.2 Å². The minimum atomic E-state index is -0.420. The van der Waals surface area contributed by atoms with Gasteiger partial charge in [0.25, 0.3) is 5.91 Å². The summed E-state index contributed by atoms with van der Waals surface area (Å²) in [6, 6.07) is 5.38. The van der Waals surface area contributed by atoms with E-state index in [2.05, 4.69) is 17.4 Å². The number of esters is 1. The molecule has 120 valence electrons. The minimum Gasteiger partial charge on any atom is -0.494 e. The molecule has 5 nitrogen and oxygen atoms in total. The van der Waals surface area contributed by atoms with Crippen LogP contribution < -0.4 is 4.74 Å². The van der Waals surface area contributed by atoms with E-state index in [4.69, 9.17) is 4.74 Å². The number of hydrogen-bond acceptors (Lipinski definition) is 5. The topological polar surface area (TPSA) is 55.8 Å². The third-order valence-corrected chi connectivity index (χ3v) is 4.10. The van der Waals surface area contributed by atoms with Crippen molar-refractivity contribution in [2.24, 2.45) is 0 Å². The highest BCUT2D eigenvalue weighted by atomic mass is 32.1. The van der Waals surface area contributed by atoms with E-state index in [1.165, 1.54) is 12.0 Å². The maximum absolute atomic E-state index is 12.4. The third-order valence-electron chi connectivity index (χ3n) is 3.78. The molecule has 0 aliphatic carbocycles. The normalized spacial score (nSPS) is 16.6. The fourth-order valence-electron chi connectivity index (χ4n) is 2.49. The second-order valence-corrected chi connectivity index (χ2v) is 5.66. The SMILES string of the molecule is COC(=O)CN1C(=O)c2cc(OCCCCS)ccc2C1C. The number of ether oxygens (including phenoxy) is 2. The minimum absolute atomic E-state index is 0.0384. The van der Waals surface area contributed by atoms with Gasteiger partial charge in [-0.05, 0) is 43.2 Å². The number of hydrogen-bond donors (Lipinski definition) is 1. The number of rotatable bonds is 7. The van der Waals surface area contributed by atoms with Crippen molar-refractivity contribution in [1.82, 2.24) is 4.90 Å². The Hall–Kier alpha value is -1.69. The molecule has 1 heterocycles. The Kier molecular flexibility index (Phi) is 5.71. The molecule has 0 aromatic heterocycles. The van der Waals surface area contributed by atoms with Crippen LogP contribution in [0.2, 0.25) is 0 Å². The predicted molar refractivity (Wildman–Crippen MR) is 86.5 cm³/mol. The lowest BCUT2D eigenvalue weighted by atomic mass is 10.1. The zero-order chi connectivity index (χ0) is 16.1. The molecule has 1 amide bonds. The van der Waals surface area contributed by atoms with Crippen LogP contribution in [0.25, 0.3) is 0 Å². The predicted octanol–water partition coefficient (Wildman–Crippen LogP) is 2.47. The molecule has 1 atom stereocenters. The average molecular weight is 323 g/mol. The van der Waals surface area contributed by atoms with E-state index in [9.17, 15) is 9.59 Å². The summed E-state index contributed by atoms with van der Waals surface area (Å²) in [6.07, 6.45) is 1.93. The molecule has 1 aromatic rings. The number of fused-ring (bicyclic) bond motifs is 1. The van der Waals surface area contributed by atoms with E-state index in [-0.39, 0.29) is 18.5 Å². The second-order valence-electron chi connectivity index (χ2n) is 5.21. The highest BCUT2D eigenvalue weighted by Crippen LogP contribution is 2.35. The van der Waals surface area contributed by atoms with Crippen molar-refractivity contribution in [3.63, 3.8) is 0 Å². The van der Waals surface area contributed by atoms with Crippen molar-refractivity contribution in [2.75, 3.05) is 26.0 Å². The van der Waals surface area contributed by atoms with Crippen molar-refractivity contribution in [3.8, 4) is 5.75 Å². The van der Waals surface area contributed by atoms with Crippen molar-refractivity contribution in [2.45, 2.75) is 25.8 Å². The van der Waals surface area contributed by atoms with E-state index in [0.29, 0.717) is 17.9 Å². The maximum atomic E-state index is 12.4. The summed E-state index contributed by atoms with van der Waals surface area (Å²) in [4.78, 5) is 25.4. The van der Waals surface area contributed by atoms with E-state index in [1.807, 2.05) is 19.1 Å². The molecule has 22 heavy (non-hydrogen) atoms. The summed E-state index contributed by atoms with van der Waals surface area (Å²) >= 11 is 4.16. The molecule has 0 radical (unpaired) electrons. The molecule has 0 saturated heterocycles. The molecule has 0 bridgehead atoms. The van der Waals surface area contributed by atoms with Gasteiger partial charge >= 0.3 is 5.97 Å². The number of methoxy groups -OCH3 is 1. The molecule has 1 aliphatic heterocycles. The van der Waals surface area contributed by atoms with Gasteiger partial charge in [-0.1, -0.05) is 6.07 Å². The van der Waals surface area contributed by atoms with Crippen LogP contribution in [0.3, 0.4) is 0 Å². The molecule has 0 saturated carbocycles. The van der Waals surface area contributed by atoms with Crippen LogP contribution >= 0.6 is 12.6 Å². The van der Waals surface area contributed by atoms with Gasteiger partial charge in [-0.2, -0.15) is 12.6 Å². The molecule has 1 unspecified atom stereocenters. The van der Waals surface area contributed by atoms with Gasteiger partial charge < -0.3 is 14.4 Å². The van der Waals surface area contributed by atoms with Gasteiger partial charge in [0.1, 0.15) is 12.3 Å². The summed E-state index contributed by atoms with van der Waals surface area (Å²) in [5, 5.41) is 0. The zero-order valence-corrected chi connectivity index (χ0v) is 13.8. The lowest BCUT2D eigenvalue weighted by Gasteiger charge is -2.20. The standard InChI is InChI=1S/C16H21NO4S/c1-11-13-6-5-12(21-7-3-4-8-22)9-14(13)16(19)17(11)10-15(18)20-2/h5-6,9,11,22H,3-4,7-8,10H2,1-2H3. The van der Waals surface area contributed by atoms with E-state index in [1.54, 1.807) is 6.07 Å². The molecule has 1 aromatic carbocycles. The maximum Gasteiger partial charge on any atom is 0.325 e. The van der Waals surface area contributed by atoms with Crippen molar-refractivity contribution >= 4 is 24.5 Å². The molecular formula is C16H21NO4S. The van der Waals surface area contributed by atoms with Crippen LogP contribution in [0, 0.1) is 0 Å². The van der Waals surface area contributed by atoms with Gasteiger partial charge in [0, 0.05) is 5.56 Å². The fraction of sp³-hybridized carbons (Fsp3) is 0.500. The van der Waals surface area contributed by atoms with Crippen molar-refractivity contribution < 1.29 is 19.1 Å². The molecule has 0 N–H and O–H groups in total. The van der Waals surface area contributed by atoms with Gasteiger partial charge in [-0.3, -0.25) is 9.59 Å². The van der Waals surface area contributed by atoms with Crippen LogP contribution in [0.1, 0.15) is 41.7 Å². The third kappa shape index (κ3) is 3.55. The summed E-state index contributed by atoms with van der Waals surface area (Å²) in [5.41, 5.74) is 1.51. The Morgan fingerprint density at radius 1 is 1.36 bits per heavy atom. The smallest absolute Gasteiger partial charge is 0.325 e. The molecular weight excluding hydrogens is 302 g/mol. The average Bonchev–Trinajstić information content (AvgIpc) is 2.76. The first-order valence-electron chi connectivity index (χ1n) is 7.34. The van der Waals surface area contributed by atoms with Gasteiger partial charge in [-0.25, -0.2) is 0 Å². The van der Waals surface area contributed by atoms with Gasteiger partial charge in [0.15, 0.2) is 0 Å². The van der Waals surface area contributed by atoms with E-state index < -0.39 is 5.97 Å². The highest BCUT2D eigenvalue weighted by molar-refractivity contribution is 7.80. The Morgan fingerprint density at radius 2 is 2.14 bits per heavy atom. The van der Waals surface area contributed by atoms with Crippen LogP contribution in [-0.2, 0) is 9.53 Å². The number of benzene rings is 1. The van der Waals surface area contributed by atoms with Gasteiger partial charge in [0.05, 0.1) is 19.8 Å². The monoisotopic (exact) mass is 323 g/mol. The molecule has 1 aliphatic rings. The van der Waals surface area contributed by atoms with Crippen LogP contribution in [-0.4, -0.2) is 42.8 Å². The molecule has 0 spiro atoms. The first-order chi connectivity index (χ1) is 10.6. The Labute approximate surface area is 136 Å². The molecule has 0 fully saturated rings. The lowest BCUT2D eigenvalue weighted by Crippen LogP contribution is -2.32. The van der Waals surface area contributed by atoms with E-state index >= 15 is 0 Å². The van der Waals surface area contributed by atoms with E-state index in [0.717, 1.165) is 24.2 Å². The number of amides is 1. The number of thiol groups is 1. The first kappa shape index (κ1) is 16.7. The first-order valence-corrected chi connectivity index (χ1v) is 7.97. The molecule has 2 rings (SSSR count). The van der Waals surface area contributed by atoms with Crippen LogP contribution in [0.4, 0.5) is 0 Å². The summed E-state index contributed by atoms with van der Waals surface area (Å²) in [5.74, 6) is 0.940. The van der Waals surface area contributed by atoms with Crippen molar-refractivity contribution in [1.29, 1.82) is 0 Å². The number of nitrogens with zero attached hydrogens (tertiary/aromatic N) is 1. The zero-order valence-electron chi connectivity index (χ0n) is 12.9. The Bertz CT molecular complexity index is 561. The summed E-state index contributed by atoms with van der Waals surface area (Å²) in [7, 11) is 1.32. The molecule has 6 heteroatoms. The summed E-state index contributed by atoms with van der Waals surface area (Å²) < 4.78 is 10.3. The van der Waals surface area contributed by atoms with Crippen LogP contribution in [0.5, 0.6) is 5.75 Å². The quantitative estimate of drug-likeness (QED) is 0.476. The second kappa shape index (κ2) is 7.54. The van der Waals surface area contributed by atoms with Gasteiger partial charge in [0.2, 0.25) is 0 Å². The van der Waals surface area contributed by atoms with Gasteiger partial charge in [-0.15, -0.1) is 0 Å². The fourth-order valence-corrected chi connectivity index (χ4v) is 2.71. The highest BCUT2D eigenvalue weighted by Gasteiger charge is 2.35. The lowest BCUT2D eigenvalue weighted by molar-refractivity contribution is -0.141. The Balaban J connectivity index is 2.08. The number of carbonyl (C=O) groups is 2. The summed E-state index contributed by atoms with van der Waals surface area (Å²) in [6.45, 7) is 2.47. The van der Waals surface area contributed by atoms with Crippen molar-refractivity contribution in [3.05, 3.63) is 29.3 Å². The number of carbonyl (C=O) groups excluding carboxylic acids is 2.